The fraction of sp³-hybridized carbons (Fsp3) is 0.500. The molecular weight excluding hydrogens is 372 g/mol. The Hall–Kier alpha value is -1.69. The first-order valence-electron chi connectivity index (χ1n) is 8.44. The second-order valence-corrected chi connectivity index (χ2v) is 7.26. The second-order valence-electron chi connectivity index (χ2n) is 6.34. The predicted molar refractivity (Wildman–Crippen MR) is 95.9 cm³/mol. The lowest BCUT2D eigenvalue weighted by Crippen LogP contribution is -2.23. The number of rotatable bonds is 5. The summed E-state index contributed by atoms with van der Waals surface area (Å²) >= 11 is 3.36. The topological polar surface area (TPSA) is 61.2 Å². The molecule has 1 aromatic heterocycles. The molecule has 24 heavy (non-hydrogen) atoms. The summed E-state index contributed by atoms with van der Waals surface area (Å²) in [5.41, 5.74) is 0.515. The summed E-state index contributed by atoms with van der Waals surface area (Å²) in [6.07, 6.45) is 7.73. The lowest BCUT2D eigenvalue weighted by molar-refractivity contribution is -0.145. The second kappa shape index (κ2) is 7.92. The Bertz CT molecular complexity index is 781. The van der Waals surface area contributed by atoms with Crippen molar-refractivity contribution in [3.8, 4) is 0 Å². The predicted octanol–water partition coefficient (Wildman–Crippen LogP) is 3.67. The van der Waals surface area contributed by atoms with Crippen LogP contribution >= 0.6 is 15.9 Å². The van der Waals surface area contributed by atoms with Gasteiger partial charge in [-0.05, 0) is 37.0 Å². The summed E-state index contributed by atoms with van der Waals surface area (Å²) in [7, 11) is 0. The van der Waals surface area contributed by atoms with Crippen LogP contribution in [0, 0.1) is 5.92 Å². The van der Waals surface area contributed by atoms with Gasteiger partial charge in [0.2, 0.25) is 0 Å². The number of carbonyl (C=O) groups is 1. The number of fused-ring (bicyclic) bond motifs is 1. The van der Waals surface area contributed by atoms with Gasteiger partial charge in [0.15, 0.2) is 0 Å². The zero-order valence-corrected chi connectivity index (χ0v) is 15.1. The van der Waals surface area contributed by atoms with Crippen molar-refractivity contribution < 1.29 is 9.53 Å². The minimum absolute atomic E-state index is 0.138. The first-order chi connectivity index (χ1) is 11.6. The zero-order chi connectivity index (χ0) is 16.9. The van der Waals surface area contributed by atoms with E-state index in [1.165, 1.54) is 30.2 Å². The van der Waals surface area contributed by atoms with E-state index >= 15 is 0 Å². The summed E-state index contributed by atoms with van der Waals surface area (Å²) in [5, 5.41) is 0.544. The van der Waals surface area contributed by atoms with Crippen molar-refractivity contribution >= 4 is 32.8 Å². The van der Waals surface area contributed by atoms with Gasteiger partial charge in [-0.3, -0.25) is 14.2 Å². The number of aromatic nitrogens is 2. The number of benzene rings is 1. The van der Waals surface area contributed by atoms with Crippen LogP contribution in [0.25, 0.3) is 10.9 Å². The van der Waals surface area contributed by atoms with E-state index in [1.54, 1.807) is 12.1 Å². The third kappa shape index (κ3) is 4.23. The number of nitrogens with zero attached hydrogens (tertiary/aromatic N) is 2. The molecule has 0 unspecified atom stereocenters. The first-order valence-corrected chi connectivity index (χ1v) is 9.23. The third-order valence-electron chi connectivity index (χ3n) is 4.55. The highest BCUT2D eigenvalue weighted by Crippen LogP contribution is 2.23. The van der Waals surface area contributed by atoms with E-state index in [4.69, 9.17) is 4.74 Å². The van der Waals surface area contributed by atoms with E-state index < -0.39 is 0 Å². The van der Waals surface area contributed by atoms with Crippen LogP contribution in [-0.4, -0.2) is 22.1 Å². The van der Waals surface area contributed by atoms with Crippen LogP contribution in [0.4, 0.5) is 0 Å². The number of carbonyl (C=O) groups excluding carboxylic acids is 1. The lowest BCUT2D eigenvalue weighted by atomic mass is 9.90. The fourth-order valence-corrected chi connectivity index (χ4v) is 3.50. The number of ether oxygens (including phenoxy) is 1. The van der Waals surface area contributed by atoms with Crippen molar-refractivity contribution in [2.75, 3.05) is 6.61 Å². The van der Waals surface area contributed by atoms with E-state index in [-0.39, 0.29) is 24.5 Å². The highest BCUT2D eigenvalue weighted by Gasteiger charge is 2.15. The maximum Gasteiger partial charge on any atom is 0.307 e. The molecule has 6 heteroatoms. The SMILES string of the molecule is O=C(CCn1cnc2ccc(Br)cc2c1=O)OCC1CCCCC1. The van der Waals surface area contributed by atoms with Crippen LogP contribution in [0.1, 0.15) is 38.5 Å². The molecule has 0 amide bonds. The van der Waals surface area contributed by atoms with E-state index in [9.17, 15) is 9.59 Å². The lowest BCUT2D eigenvalue weighted by Gasteiger charge is -2.21. The minimum atomic E-state index is -0.248. The third-order valence-corrected chi connectivity index (χ3v) is 5.04. The summed E-state index contributed by atoms with van der Waals surface area (Å²) < 4.78 is 7.67. The normalized spacial score (nSPS) is 15.5. The molecule has 0 aliphatic heterocycles. The van der Waals surface area contributed by atoms with E-state index in [2.05, 4.69) is 20.9 Å². The molecule has 0 N–H and O–H groups in total. The molecule has 1 heterocycles. The number of aryl methyl sites for hydroxylation is 1. The standard InChI is InChI=1S/C18H21BrN2O3/c19-14-6-7-16-15(10-14)18(23)21(12-20-16)9-8-17(22)24-11-13-4-2-1-3-5-13/h6-7,10,12-13H,1-5,8-9,11H2. The van der Waals surface area contributed by atoms with Crippen LogP contribution in [0.15, 0.2) is 33.8 Å². The minimum Gasteiger partial charge on any atom is -0.465 e. The molecule has 1 aliphatic rings. The van der Waals surface area contributed by atoms with Gasteiger partial charge in [-0.25, -0.2) is 4.98 Å². The number of hydrogen-bond donors (Lipinski definition) is 0. The van der Waals surface area contributed by atoms with Crippen LogP contribution in [-0.2, 0) is 16.1 Å². The Balaban J connectivity index is 1.57. The number of esters is 1. The molecule has 128 valence electrons. The van der Waals surface area contributed by atoms with Crippen molar-refractivity contribution in [2.24, 2.45) is 5.92 Å². The Morgan fingerprint density at radius 2 is 2.08 bits per heavy atom. The van der Waals surface area contributed by atoms with Gasteiger partial charge in [0.25, 0.3) is 5.56 Å². The molecule has 0 radical (unpaired) electrons. The Morgan fingerprint density at radius 3 is 2.88 bits per heavy atom. The number of hydrogen-bond acceptors (Lipinski definition) is 4. The van der Waals surface area contributed by atoms with Crippen LogP contribution in [0.5, 0.6) is 0 Å². The Kier molecular flexibility index (Phi) is 5.66. The van der Waals surface area contributed by atoms with Gasteiger partial charge < -0.3 is 4.74 Å². The molecule has 5 nitrogen and oxygen atoms in total. The van der Waals surface area contributed by atoms with Crippen molar-refractivity contribution in [3.63, 3.8) is 0 Å². The van der Waals surface area contributed by atoms with Gasteiger partial charge in [-0.1, -0.05) is 35.2 Å². The van der Waals surface area contributed by atoms with Crippen molar-refractivity contribution in [1.29, 1.82) is 0 Å². The van der Waals surface area contributed by atoms with Gasteiger partial charge in [0.1, 0.15) is 0 Å². The Morgan fingerprint density at radius 1 is 1.29 bits per heavy atom. The molecule has 0 atom stereocenters. The summed E-state index contributed by atoms with van der Waals surface area (Å²) in [6.45, 7) is 0.800. The zero-order valence-electron chi connectivity index (χ0n) is 13.5. The molecule has 0 bridgehead atoms. The summed E-state index contributed by atoms with van der Waals surface area (Å²) in [6, 6.07) is 5.40. The van der Waals surface area contributed by atoms with Crippen molar-refractivity contribution in [1.82, 2.24) is 9.55 Å². The molecule has 1 aromatic carbocycles. The van der Waals surface area contributed by atoms with Gasteiger partial charge in [-0.15, -0.1) is 0 Å². The molecule has 0 saturated heterocycles. The van der Waals surface area contributed by atoms with Crippen molar-refractivity contribution in [2.45, 2.75) is 45.1 Å². The fourth-order valence-electron chi connectivity index (χ4n) is 3.14. The molecule has 3 rings (SSSR count). The van der Waals surface area contributed by atoms with Crippen LogP contribution in [0.2, 0.25) is 0 Å². The first kappa shape index (κ1) is 17.1. The molecule has 1 fully saturated rings. The van der Waals surface area contributed by atoms with Crippen LogP contribution in [0.3, 0.4) is 0 Å². The highest BCUT2D eigenvalue weighted by atomic mass is 79.9. The maximum absolute atomic E-state index is 12.4. The average Bonchev–Trinajstić information content (AvgIpc) is 2.61. The van der Waals surface area contributed by atoms with Gasteiger partial charge >= 0.3 is 5.97 Å². The summed E-state index contributed by atoms with van der Waals surface area (Å²) in [4.78, 5) is 28.6. The molecule has 2 aromatic rings. The van der Waals surface area contributed by atoms with E-state index in [0.717, 1.165) is 17.3 Å². The summed E-state index contributed by atoms with van der Waals surface area (Å²) in [5.74, 6) is 0.256. The smallest absolute Gasteiger partial charge is 0.307 e. The molecule has 0 spiro atoms. The largest absolute Gasteiger partial charge is 0.465 e. The quantitative estimate of drug-likeness (QED) is 0.728. The monoisotopic (exact) mass is 392 g/mol. The van der Waals surface area contributed by atoms with Gasteiger partial charge in [0, 0.05) is 11.0 Å². The molecular formula is C18H21BrN2O3. The van der Waals surface area contributed by atoms with Crippen molar-refractivity contribution in [3.05, 3.63) is 39.4 Å². The molecule has 1 saturated carbocycles. The number of halogens is 1. The van der Waals surface area contributed by atoms with Crippen LogP contribution < -0.4 is 5.56 Å². The average molecular weight is 393 g/mol. The Labute approximate surface area is 149 Å². The van der Waals surface area contributed by atoms with Gasteiger partial charge in [-0.2, -0.15) is 0 Å². The highest BCUT2D eigenvalue weighted by molar-refractivity contribution is 9.10. The molecule has 1 aliphatic carbocycles. The maximum atomic E-state index is 12.4. The van der Waals surface area contributed by atoms with Gasteiger partial charge in [0.05, 0.1) is 30.3 Å². The van der Waals surface area contributed by atoms with E-state index in [1.807, 2.05) is 6.07 Å². The van der Waals surface area contributed by atoms with E-state index in [0.29, 0.717) is 23.4 Å².